The predicted molar refractivity (Wildman–Crippen MR) is 92.0 cm³/mol. The summed E-state index contributed by atoms with van der Waals surface area (Å²) < 4.78 is 27.4. The molecule has 118 valence electrons. The number of thioether (sulfide) groups is 1. The first-order valence-corrected chi connectivity index (χ1v) is 9.40. The molecule has 1 heterocycles. The van der Waals surface area contributed by atoms with E-state index in [9.17, 15) is 8.60 Å². The molecule has 3 nitrogen and oxygen atoms in total. The van der Waals surface area contributed by atoms with Crippen molar-refractivity contribution in [3.63, 3.8) is 0 Å². The lowest BCUT2D eigenvalue weighted by Gasteiger charge is -2.07. The van der Waals surface area contributed by atoms with Crippen LogP contribution in [0.25, 0.3) is 5.69 Å². The summed E-state index contributed by atoms with van der Waals surface area (Å²) in [5.74, 6) is 0.941. The zero-order chi connectivity index (χ0) is 16.1. The van der Waals surface area contributed by atoms with Gasteiger partial charge in [-0.25, -0.2) is 9.37 Å². The van der Waals surface area contributed by atoms with Crippen LogP contribution in [0.5, 0.6) is 0 Å². The third-order valence-corrected chi connectivity index (χ3v) is 5.80. The largest absolute Gasteiger partial charge is 0.295 e. The van der Waals surface area contributed by atoms with Crippen LogP contribution in [0.1, 0.15) is 0 Å². The van der Waals surface area contributed by atoms with E-state index in [2.05, 4.69) is 4.98 Å². The Morgan fingerprint density at radius 1 is 1.13 bits per heavy atom. The van der Waals surface area contributed by atoms with E-state index in [1.165, 1.54) is 23.9 Å². The van der Waals surface area contributed by atoms with Gasteiger partial charge < -0.3 is 0 Å². The summed E-state index contributed by atoms with van der Waals surface area (Å²) >= 11 is 1.51. The fraction of sp³-hybridized carbons (Fsp3) is 0.118. The van der Waals surface area contributed by atoms with Gasteiger partial charge in [0.25, 0.3) is 0 Å². The molecule has 1 atom stereocenters. The first-order valence-electron chi connectivity index (χ1n) is 7.09. The predicted octanol–water partition coefficient (Wildman–Crippen LogP) is 3.91. The van der Waals surface area contributed by atoms with Crippen LogP contribution < -0.4 is 0 Å². The van der Waals surface area contributed by atoms with Crippen LogP contribution in [-0.4, -0.2) is 25.3 Å². The van der Waals surface area contributed by atoms with Gasteiger partial charge in [-0.15, -0.1) is 0 Å². The highest BCUT2D eigenvalue weighted by atomic mass is 32.2. The molecule has 0 aliphatic rings. The lowest BCUT2D eigenvalue weighted by Crippen LogP contribution is -2.02. The van der Waals surface area contributed by atoms with E-state index in [4.69, 9.17) is 0 Å². The van der Waals surface area contributed by atoms with Crippen LogP contribution in [0.4, 0.5) is 4.39 Å². The van der Waals surface area contributed by atoms with Gasteiger partial charge in [-0.1, -0.05) is 36.0 Å². The van der Waals surface area contributed by atoms with Crippen molar-refractivity contribution in [2.24, 2.45) is 0 Å². The molecule has 0 fully saturated rings. The number of halogens is 1. The minimum atomic E-state index is -1.02. The third kappa shape index (κ3) is 4.09. The number of hydrogen-bond acceptors (Lipinski definition) is 3. The maximum Gasteiger partial charge on any atom is 0.172 e. The van der Waals surface area contributed by atoms with Crippen molar-refractivity contribution in [2.45, 2.75) is 10.1 Å². The Morgan fingerprint density at radius 3 is 2.74 bits per heavy atom. The van der Waals surface area contributed by atoms with Gasteiger partial charge in [-0.05, 0) is 30.3 Å². The van der Waals surface area contributed by atoms with Crippen molar-refractivity contribution in [3.05, 3.63) is 72.8 Å². The second-order valence-corrected chi connectivity index (χ2v) is 7.40. The molecule has 0 saturated heterocycles. The number of aromatic nitrogens is 2. The highest BCUT2D eigenvalue weighted by molar-refractivity contribution is 8.00. The maximum absolute atomic E-state index is 13.4. The van der Waals surface area contributed by atoms with Crippen LogP contribution in [0.2, 0.25) is 0 Å². The van der Waals surface area contributed by atoms with Crippen molar-refractivity contribution >= 4 is 22.6 Å². The summed E-state index contributed by atoms with van der Waals surface area (Å²) in [7, 11) is -1.02. The molecular formula is C17H15FN2OS2. The van der Waals surface area contributed by atoms with Crippen molar-refractivity contribution in [2.75, 3.05) is 11.5 Å². The number of hydrogen-bond donors (Lipinski definition) is 0. The molecule has 1 unspecified atom stereocenters. The smallest absolute Gasteiger partial charge is 0.172 e. The summed E-state index contributed by atoms with van der Waals surface area (Å²) in [6.07, 6.45) is 3.48. The molecule has 0 amide bonds. The van der Waals surface area contributed by atoms with E-state index in [0.717, 1.165) is 15.7 Å². The molecule has 23 heavy (non-hydrogen) atoms. The van der Waals surface area contributed by atoms with Crippen LogP contribution in [0.3, 0.4) is 0 Å². The third-order valence-electron chi connectivity index (χ3n) is 3.20. The zero-order valence-corrected chi connectivity index (χ0v) is 13.9. The van der Waals surface area contributed by atoms with Gasteiger partial charge in [-0.2, -0.15) is 0 Å². The van der Waals surface area contributed by atoms with Gasteiger partial charge in [0.05, 0.1) is 16.5 Å². The molecule has 0 bridgehead atoms. The molecule has 0 radical (unpaired) electrons. The minimum absolute atomic E-state index is 0.280. The first-order chi connectivity index (χ1) is 11.2. The standard InChI is InChI=1S/C17H15FN2OS2/c18-14-5-4-6-15(13-14)20-10-9-19-17(20)22-11-12-23(21)16-7-2-1-3-8-16/h1-10,13H,11-12H2. The molecule has 3 aromatic rings. The van der Waals surface area contributed by atoms with E-state index in [1.807, 2.05) is 41.0 Å². The van der Waals surface area contributed by atoms with Crippen LogP contribution in [-0.2, 0) is 10.8 Å². The first kappa shape index (κ1) is 16.0. The fourth-order valence-corrected chi connectivity index (χ4v) is 4.38. The molecule has 6 heteroatoms. The molecule has 2 aromatic carbocycles. The van der Waals surface area contributed by atoms with Crippen molar-refractivity contribution < 1.29 is 8.60 Å². The van der Waals surface area contributed by atoms with Gasteiger partial charge in [0.2, 0.25) is 0 Å². The normalized spacial score (nSPS) is 12.2. The molecule has 3 rings (SSSR count). The SMILES string of the molecule is O=S(CCSc1nccn1-c1cccc(F)c1)c1ccccc1. The Labute approximate surface area is 141 Å². The molecule has 1 aromatic heterocycles. The van der Waals surface area contributed by atoms with Crippen molar-refractivity contribution in [1.29, 1.82) is 0 Å². The Hall–Kier alpha value is -1.92. The number of benzene rings is 2. The Kier molecular flexibility index (Phi) is 5.25. The topological polar surface area (TPSA) is 34.9 Å². The van der Waals surface area contributed by atoms with Gasteiger partial charge in [0.1, 0.15) is 5.82 Å². The second-order valence-electron chi connectivity index (χ2n) is 4.77. The molecule has 0 spiro atoms. The number of imidazole rings is 1. The van der Waals surface area contributed by atoms with Gasteiger partial charge >= 0.3 is 0 Å². The van der Waals surface area contributed by atoms with Gasteiger partial charge in [-0.3, -0.25) is 8.78 Å². The molecule has 0 saturated carbocycles. The average Bonchev–Trinajstić information content (AvgIpc) is 3.04. The van der Waals surface area contributed by atoms with Gasteiger partial charge in [0.15, 0.2) is 5.16 Å². The molecule has 0 aliphatic heterocycles. The Bertz CT molecular complexity index is 805. The van der Waals surface area contributed by atoms with E-state index in [1.54, 1.807) is 18.5 Å². The zero-order valence-electron chi connectivity index (χ0n) is 12.3. The van der Waals surface area contributed by atoms with Crippen molar-refractivity contribution in [3.8, 4) is 5.69 Å². The summed E-state index contributed by atoms with van der Waals surface area (Å²) in [4.78, 5) is 5.13. The second kappa shape index (κ2) is 7.57. The summed E-state index contributed by atoms with van der Waals surface area (Å²) in [5.41, 5.74) is 0.731. The van der Waals surface area contributed by atoms with Crippen LogP contribution in [0.15, 0.2) is 77.0 Å². The van der Waals surface area contributed by atoms with Crippen LogP contribution >= 0.6 is 11.8 Å². The number of nitrogens with zero attached hydrogens (tertiary/aromatic N) is 2. The molecule has 0 aliphatic carbocycles. The molecule has 0 N–H and O–H groups in total. The quantitative estimate of drug-likeness (QED) is 0.635. The highest BCUT2D eigenvalue weighted by Crippen LogP contribution is 2.21. The Balaban J connectivity index is 1.64. The highest BCUT2D eigenvalue weighted by Gasteiger charge is 2.08. The number of rotatable bonds is 6. The van der Waals surface area contributed by atoms with Gasteiger partial charge in [0, 0.05) is 28.8 Å². The minimum Gasteiger partial charge on any atom is -0.295 e. The summed E-state index contributed by atoms with van der Waals surface area (Å²) in [5, 5.41) is 0.765. The van der Waals surface area contributed by atoms with E-state index in [-0.39, 0.29) is 5.82 Å². The summed E-state index contributed by atoms with van der Waals surface area (Å²) in [6, 6.07) is 15.8. The van der Waals surface area contributed by atoms with E-state index < -0.39 is 10.8 Å². The van der Waals surface area contributed by atoms with Crippen molar-refractivity contribution in [1.82, 2.24) is 9.55 Å². The maximum atomic E-state index is 13.4. The Morgan fingerprint density at radius 2 is 1.96 bits per heavy atom. The van der Waals surface area contributed by atoms with E-state index >= 15 is 0 Å². The van der Waals surface area contributed by atoms with Crippen LogP contribution in [0, 0.1) is 5.82 Å². The summed E-state index contributed by atoms with van der Waals surface area (Å²) in [6.45, 7) is 0. The average molecular weight is 346 g/mol. The fourth-order valence-electron chi connectivity index (χ4n) is 2.12. The lowest BCUT2D eigenvalue weighted by molar-refractivity contribution is 0.626. The van der Waals surface area contributed by atoms with E-state index in [0.29, 0.717) is 11.5 Å². The monoisotopic (exact) mass is 346 g/mol. The lowest BCUT2D eigenvalue weighted by atomic mass is 10.3. The molecular weight excluding hydrogens is 331 g/mol.